The maximum Gasteiger partial charge on any atom is 0.262 e. The Balaban J connectivity index is 1.98. The molecule has 0 aliphatic rings. The number of carbonyl (C=O) groups is 2. The van der Waals surface area contributed by atoms with Crippen LogP contribution in [0.15, 0.2) is 47.6 Å². The summed E-state index contributed by atoms with van der Waals surface area (Å²) in [5.74, 6) is 0.370. The number of nitrogens with one attached hydrogen (secondary N) is 2. The number of amides is 2. The van der Waals surface area contributed by atoms with Crippen LogP contribution in [0.1, 0.15) is 18.1 Å². The maximum atomic E-state index is 12.1. The van der Waals surface area contributed by atoms with E-state index in [0.717, 1.165) is 11.3 Å². The number of rotatable bonds is 7. The second kappa shape index (κ2) is 9.22. The topological polar surface area (TPSA) is 89.0 Å². The van der Waals surface area contributed by atoms with Gasteiger partial charge in [0, 0.05) is 12.6 Å². The third kappa shape index (κ3) is 5.62. The molecule has 0 aliphatic carbocycles. The van der Waals surface area contributed by atoms with Gasteiger partial charge in [-0.25, -0.2) is 5.43 Å². The van der Waals surface area contributed by atoms with E-state index in [9.17, 15) is 9.59 Å². The van der Waals surface area contributed by atoms with Gasteiger partial charge >= 0.3 is 0 Å². The molecule has 0 radical (unpaired) electrons. The highest BCUT2D eigenvalue weighted by molar-refractivity contribution is 5.92. The summed E-state index contributed by atoms with van der Waals surface area (Å²) in [6, 6.07) is 12.6. The van der Waals surface area contributed by atoms with Crippen LogP contribution in [0.25, 0.3) is 0 Å². The van der Waals surface area contributed by atoms with Crippen molar-refractivity contribution in [2.45, 2.75) is 13.8 Å². The first-order chi connectivity index (χ1) is 12.5. The van der Waals surface area contributed by atoms with Crippen molar-refractivity contribution in [3.05, 3.63) is 53.6 Å². The molecule has 0 atom stereocenters. The Morgan fingerprint density at radius 2 is 1.92 bits per heavy atom. The second-order valence-electron chi connectivity index (χ2n) is 5.49. The quantitative estimate of drug-likeness (QED) is 0.590. The molecular weight excluding hydrogens is 334 g/mol. The van der Waals surface area contributed by atoms with Crippen LogP contribution in [0.4, 0.5) is 5.69 Å². The molecule has 0 aromatic heterocycles. The number of anilines is 1. The molecule has 2 amide bonds. The highest BCUT2D eigenvalue weighted by Crippen LogP contribution is 2.27. The summed E-state index contributed by atoms with van der Waals surface area (Å²) in [5.41, 5.74) is 4.76. The van der Waals surface area contributed by atoms with Gasteiger partial charge in [-0.15, -0.1) is 0 Å². The Morgan fingerprint density at radius 1 is 1.15 bits per heavy atom. The van der Waals surface area contributed by atoms with Crippen LogP contribution in [0.5, 0.6) is 11.5 Å². The van der Waals surface area contributed by atoms with Gasteiger partial charge < -0.3 is 14.8 Å². The molecule has 0 unspecified atom stereocenters. The lowest BCUT2D eigenvalue weighted by Gasteiger charge is -2.12. The first kappa shape index (κ1) is 19.0. The van der Waals surface area contributed by atoms with E-state index in [4.69, 9.17) is 9.47 Å². The van der Waals surface area contributed by atoms with Crippen molar-refractivity contribution >= 4 is 23.7 Å². The van der Waals surface area contributed by atoms with E-state index < -0.39 is 0 Å². The van der Waals surface area contributed by atoms with E-state index in [1.54, 1.807) is 18.2 Å². The zero-order valence-corrected chi connectivity index (χ0v) is 14.9. The van der Waals surface area contributed by atoms with Crippen LogP contribution >= 0.6 is 0 Å². The van der Waals surface area contributed by atoms with E-state index >= 15 is 0 Å². The van der Waals surface area contributed by atoms with Crippen LogP contribution in [-0.2, 0) is 9.59 Å². The van der Waals surface area contributed by atoms with Gasteiger partial charge in [-0.05, 0) is 42.3 Å². The number of benzene rings is 2. The summed E-state index contributed by atoms with van der Waals surface area (Å²) in [6.07, 6.45) is 1.48. The molecule has 0 fully saturated rings. The Bertz CT molecular complexity index is 818. The summed E-state index contributed by atoms with van der Waals surface area (Å²) >= 11 is 0. The SMILES string of the molecule is COc1cc(/C=N\NC(C)=O)ccc1OCC(=O)Nc1ccccc1C. The van der Waals surface area contributed by atoms with Crippen LogP contribution < -0.4 is 20.2 Å². The van der Waals surface area contributed by atoms with Gasteiger partial charge in [0.2, 0.25) is 5.91 Å². The standard InChI is InChI=1S/C19H21N3O4/c1-13-6-4-5-7-16(13)21-19(24)12-26-17-9-8-15(10-18(17)25-3)11-20-22-14(2)23/h4-11H,12H2,1-3H3,(H,21,24)(H,22,23)/b20-11-. The number of nitrogens with zero attached hydrogens (tertiary/aromatic N) is 1. The molecule has 0 saturated carbocycles. The lowest BCUT2D eigenvalue weighted by atomic mass is 10.2. The van der Waals surface area contributed by atoms with Crippen molar-refractivity contribution in [1.82, 2.24) is 5.43 Å². The van der Waals surface area contributed by atoms with E-state index in [1.807, 2.05) is 31.2 Å². The first-order valence-electron chi connectivity index (χ1n) is 7.95. The second-order valence-corrected chi connectivity index (χ2v) is 5.49. The molecule has 0 heterocycles. The number of hydrazone groups is 1. The molecule has 7 heteroatoms. The summed E-state index contributed by atoms with van der Waals surface area (Å²) in [4.78, 5) is 22.9. The Morgan fingerprint density at radius 3 is 2.62 bits per heavy atom. The molecule has 0 spiro atoms. The predicted molar refractivity (Wildman–Crippen MR) is 99.7 cm³/mol. The van der Waals surface area contributed by atoms with Gasteiger partial charge in [0.1, 0.15) is 0 Å². The number of hydrogen-bond acceptors (Lipinski definition) is 5. The van der Waals surface area contributed by atoms with Gasteiger partial charge in [-0.2, -0.15) is 5.10 Å². The fourth-order valence-electron chi connectivity index (χ4n) is 2.12. The highest BCUT2D eigenvalue weighted by atomic mass is 16.5. The lowest BCUT2D eigenvalue weighted by molar-refractivity contribution is -0.119. The van der Waals surface area contributed by atoms with Gasteiger partial charge in [-0.1, -0.05) is 18.2 Å². The highest BCUT2D eigenvalue weighted by Gasteiger charge is 2.09. The minimum Gasteiger partial charge on any atom is -0.493 e. The van der Waals surface area contributed by atoms with Crippen LogP contribution in [0.2, 0.25) is 0 Å². The molecule has 0 aliphatic heterocycles. The summed E-state index contributed by atoms with van der Waals surface area (Å²) in [7, 11) is 1.50. The van der Waals surface area contributed by atoms with Crippen LogP contribution in [0, 0.1) is 6.92 Å². The largest absolute Gasteiger partial charge is 0.493 e. The third-order valence-corrected chi connectivity index (χ3v) is 3.40. The average Bonchev–Trinajstić information content (AvgIpc) is 2.62. The zero-order valence-electron chi connectivity index (χ0n) is 14.9. The first-order valence-corrected chi connectivity index (χ1v) is 7.95. The van der Waals surface area contributed by atoms with Crippen LogP contribution in [-0.4, -0.2) is 31.7 Å². The van der Waals surface area contributed by atoms with Crippen molar-refractivity contribution in [2.75, 3.05) is 19.0 Å². The van der Waals surface area contributed by atoms with Crippen LogP contribution in [0.3, 0.4) is 0 Å². The fourth-order valence-corrected chi connectivity index (χ4v) is 2.12. The maximum absolute atomic E-state index is 12.1. The molecule has 2 aromatic carbocycles. The minimum absolute atomic E-state index is 0.149. The summed E-state index contributed by atoms with van der Waals surface area (Å²) in [6.45, 7) is 3.14. The predicted octanol–water partition coefficient (Wildman–Crippen LogP) is 2.49. The van der Waals surface area contributed by atoms with Gasteiger partial charge in [0.05, 0.1) is 13.3 Å². The number of hydrogen-bond donors (Lipinski definition) is 2. The summed E-state index contributed by atoms with van der Waals surface area (Å²) < 4.78 is 10.8. The van der Waals surface area contributed by atoms with E-state index in [-0.39, 0.29) is 18.4 Å². The summed E-state index contributed by atoms with van der Waals surface area (Å²) in [5, 5.41) is 6.59. The number of methoxy groups -OCH3 is 1. The van der Waals surface area contributed by atoms with E-state index in [0.29, 0.717) is 17.1 Å². The van der Waals surface area contributed by atoms with Crippen molar-refractivity contribution in [2.24, 2.45) is 5.10 Å². The molecule has 0 bridgehead atoms. The number of carbonyl (C=O) groups excluding carboxylic acids is 2. The van der Waals surface area contributed by atoms with Crippen molar-refractivity contribution < 1.29 is 19.1 Å². The van der Waals surface area contributed by atoms with E-state index in [2.05, 4.69) is 15.8 Å². The average molecular weight is 355 g/mol. The van der Waals surface area contributed by atoms with Gasteiger partial charge in [0.15, 0.2) is 18.1 Å². The smallest absolute Gasteiger partial charge is 0.262 e. The molecule has 2 N–H and O–H groups in total. The fraction of sp³-hybridized carbons (Fsp3) is 0.211. The lowest BCUT2D eigenvalue weighted by Crippen LogP contribution is -2.20. The molecule has 2 rings (SSSR count). The molecule has 26 heavy (non-hydrogen) atoms. The van der Waals surface area contributed by atoms with Crippen molar-refractivity contribution in [3.63, 3.8) is 0 Å². The molecule has 2 aromatic rings. The molecule has 0 saturated heterocycles. The Kier molecular flexibility index (Phi) is 6.73. The molecular formula is C19H21N3O4. The number of para-hydroxylation sites is 1. The minimum atomic E-state index is -0.266. The number of aryl methyl sites for hydroxylation is 1. The molecule has 136 valence electrons. The third-order valence-electron chi connectivity index (χ3n) is 3.40. The normalized spacial score (nSPS) is 10.4. The van der Waals surface area contributed by atoms with Crippen molar-refractivity contribution in [1.29, 1.82) is 0 Å². The monoisotopic (exact) mass is 355 g/mol. The zero-order chi connectivity index (χ0) is 18.9. The Labute approximate surface area is 152 Å². The van der Waals surface area contributed by atoms with Crippen molar-refractivity contribution in [3.8, 4) is 11.5 Å². The number of ether oxygens (including phenoxy) is 2. The van der Waals surface area contributed by atoms with Gasteiger partial charge in [-0.3, -0.25) is 9.59 Å². The Hall–Kier alpha value is -3.35. The van der Waals surface area contributed by atoms with Gasteiger partial charge in [0.25, 0.3) is 5.91 Å². The van der Waals surface area contributed by atoms with E-state index in [1.165, 1.54) is 20.2 Å². The molecule has 7 nitrogen and oxygen atoms in total.